The van der Waals surface area contributed by atoms with Crippen LogP contribution >= 0.6 is 0 Å². The lowest BCUT2D eigenvalue weighted by Crippen LogP contribution is -2.51. The highest BCUT2D eigenvalue weighted by molar-refractivity contribution is 6.01. The SMILES string of the molecule is CC1CC(NC(=O)N2CCCC(n3cncn3)C2)C(=O)N1c1ccccc1. The van der Waals surface area contributed by atoms with Gasteiger partial charge in [-0.3, -0.25) is 4.79 Å². The molecule has 142 valence electrons. The number of nitrogens with zero attached hydrogens (tertiary/aromatic N) is 5. The van der Waals surface area contributed by atoms with E-state index in [0.717, 1.165) is 18.5 Å². The van der Waals surface area contributed by atoms with Gasteiger partial charge in [0.05, 0.1) is 6.04 Å². The predicted molar refractivity (Wildman–Crippen MR) is 100 cm³/mol. The number of hydrogen-bond acceptors (Lipinski definition) is 4. The summed E-state index contributed by atoms with van der Waals surface area (Å²) in [6, 6.07) is 9.12. The van der Waals surface area contributed by atoms with Crippen molar-refractivity contribution in [2.75, 3.05) is 18.0 Å². The van der Waals surface area contributed by atoms with Crippen molar-refractivity contribution >= 4 is 17.6 Å². The lowest BCUT2D eigenvalue weighted by molar-refractivity contribution is -0.118. The molecule has 2 fully saturated rings. The molecule has 1 aromatic heterocycles. The van der Waals surface area contributed by atoms with Crippen molar-refractivity contribution in [1.29, 1.82) is 0 Å². The first-order valence-electron chi connectivity index (χ1n) is 9.41. The molecule has 8 nitrogen and oxygen atoms in total. The molecule has 1 N–H and O–H groups in total. The number of urea groups is 1. The zero-order valence-electron chi connectivity index (χ0n) is 15.4. The molecule has 3 atom stereocenters. The van der Waals surface area contributed by atoms with Crippen molar-refractivity contribution < 1.29 is 9.59 Å². The topological polar surface area (TPSA) is 83.4 Å². The molecule has 0 aliphatic carbocycles. The summed E-state index contributed by atoms with van der Waals surface area (Å²) >= 11 is 0. The van der Waals surface area contributed by atoms with Gasteiger partial charge in [-0.2, -0.15) is 5.10 Å². The normalized spacial score (nSPS) is 25.7. The van der Waals surface area contributed by atoms with Crippen LogP contribution in [0.2, 0.25) is 0 Å². The minimum atomic E-state index is -0.487. The van der Waals surface area contributed by atoms with E-state index in [1.54, 1.807) is 20.8 Å². The quantitative estimate of drug-likeness (QED) is 0.896. The van der Waals surface area contributed by atoms with E-state index in [9.17, 15) is 9.59 Å². The molecule has 0 saturated carbocycles. The number of para-hydroxylation sites is 1. The molecule has 0 bridgehead atoms. The fourth-order valence-corrected chi connectivity index (χ4v) is 4.02. The Morgan fingerprint density at radius 2 is 2.07 bits per heavy atom. The van der Waals surface area contributed by atoms with Crippen LogP contribution in [-0.4, -0.2) is 56.8 Å². The highest BCUT2D eigenvalue weighted by Gasteiger charge is 2.39. The maximum atomic E-state index is 12.9. The molecule has 4 rings (SSSR count). The highest BCUT2D eigenvalue weighted by atomic mass is 16.2. The van der Waals surface area contributed by atoms with Gasteiger partial charge in [-0.15, -0.1) is 0 Å². The van der Waals surface area contributed by atoms with E-state index in [0.29, 0.717) is 19.5 Å². The molecule has 2 aliphatic rings. The van der Waals surface area contributed by atoms with Crippen LogP contribution in [0, 0.1) is 0 Å². The molecular formula is C19H24N6O2. The number of anilines is 1. The van der Waals surface area contributed by atoms with Gasteiger partial charge in [0.15, 0.2) is 0 Å². The van der Waals surface area contributed by atoms with Gasteiger partial charge in [0, 0.05) is 24.8 Å². The second-order valence-electron chi connectivity index (χ2n) is 7.25. The highest BCUT2D eigenvalue weighted by Crippen LogP contribution is 2.27. The van der Waals surface area contributed by atoms with E-state index in [4.69, 9.17) is 0 Å². The number of benzene rings is 1. The minimum Gasteiger partial charge on any atom is -0.326 e. The lowest BCUT2D eigenvalue weighted by atomic mass is 10.1. The second-order valence-corrected chi connectivity index (χ2v) is 7.25. The number of carbonyl (C=O) groups excluding carboxylic acids is 2. The Hall–Kier alpha value is -2.90. The van der Waals surface area contributed by atoms with E-state index in [-0.39, 0.29) is 24.0 Å². The summed E-state index contributed by atoms with van der Waals surface area (Å²) < 4.78 is 1.80. The van der Waals surface area contributed by atoms with Crippen LogP contribution in [0.4, 0.5) is 10.5 Å². The van der Waals surface area contributed by atoms with Gasteiger partial charge in [-0.25, -0.2) is 14.5 Å². The summed E-state index contributed by atoms with van der Waals surface area (Å²) in [5, 5.41) is 7.13. The van der Waals surface area contributed by atoms with Crippen molar-refractivity contribution in [2.45, 2.75) is 44.3 Å². The Morgan fingerprint density at radius 3 is 2.81 bits per heavy atom. The fraction of sp³-hybridized carbons (Fsp3) is 0.474. The zero-order chi connectivity index (χ0) is 18.8. The number of hydrogen-bond donors (Lipinski definition) is 1. The molecule has 1 aromatic carbocycles. The van der Waals surface area contributed by atoms with E-state index in [2.05, 4.69) is 15.4 Å². The molecule has 2 aliphatic heterocycles. The third-order valence-corrected chi connectivity index (χ3v) is 5.38. The van der Waals surface area contributed by atoms with Crippen molar-refractivity contribution in [3.05, 3.63) is 43.0 Å². The van der Waals surface area contributed by atoms with E-state index in [1.165, 1.54) is 6.33 Å². The number of piperidine rings is 1. The van der Waals surface area contributed by atoms with Gasteiger partial charge in [0.2, 0.25) is 5.91 Å². The van der Waals surface area contributed by atoms with Crippen LogP contribution < -0.4 is 10.2 Å². The molecule has 2 aromatic rings. The summed E-state index contributed by atoms with van der Waals surface area (Å²) in [4.78, 5) is 33.2. The Bertz CT molecular complexity index is 794. The molecular weight excluding hydrogens is 344 g/mol. The van der Waals surface area contributed by atoms with Crippen molar-refractivity contribution in [3.8, 4) is 0 Å². The van der Waals surface area contributed by atoms with Crippen LogP contribution in [-0.2, 0) is 4.79 Å². The van der Waals surface area contributed by atoms with Gasteiger partial charge >= 0.3 is 6.03 Å². The Labute approximate surface area is 158 Å². The maximum absolute atomic E-state index is 12.9. The van der Waals surface area contributed by atoms with Crippen LogP contribution in [0.15, 0.2) is 43.0 Å². The van der Waals surface area contributed by atoms with Crippen LogP contribution in [0.25, 0.3) is 0 Å². The predicted octanol–water partition coefficient (Wildman–Crippen LogP) is 1.82. The van der Waals surface area contributed by atoms with Crippen LogP contribution in [0.3, 0.4) is 0 Å². The number of rotatable bonds is 3. The molecule has 0 radical (unpaired) electrons. The third kappa shape index (κ3) is 3.51. The van der Waals surface area contributed by atoms with Crippen molar-refractivity contribution in [1.82, 2.24) is 25.0 Å². The smallest absolute Gasteiger partial charge is 0.318 e. The lowest BCUT2D eigenvalue weighted by Gasteiger charge is -2.33. The number of carbonyl (C=O) groups is 2. The number of aromatic nitrogens is 3. The molecule has 3 heterocycles. The van der Waals surface area contributed by atoms with Crippen molar-refractivity contribution in [2.24, 2.45) is 0 Å². The number of nitrogens with one attached hydrogen (secondary N) is 1. The average molecular weight is 368 g/mol. The first-order chi connectivity index (χ1) is 13.1. The van der Waals surface area contributed by atoms with Gasteiger partial charge < -0.3 is 15.1 Å². The average Bonchev–Trinajstić information content (AvgIpc) is 3.31. The Balaban J connectivity index is 1.40. The van der Waals surface area contributed by atoms with Crippen molar-refractivity contribution in [3.63, 3.8) is 0 Å². The summed E-state index contributed by atoms with van der Waals surface area (Å²) in [7, 11) is 0. The Kier molecular flexibility index (Phi) is 4.79. The van der Waals surface area contributed by atoms with Gasteiger partial charge in [0.25, 0.3) is 0 Å². The second kappa shape index (κ2) is 7.38. The van der Waals surface area contributed by atoms with Crippen LogP contribution in [0.5, 0.6) is 0 Å². The molecule has 0 spiro atoms. The maximum Gasteiger partial charge on any atom is 0.318 e. The largest absolute Gasteiger partial charge is 0.326 e. The molecule has 3 amide bonds. The molecule has 8 heteroatoms. The van der Waals surface area contributed by atoms with Gasteiger partial charge in [0.1, 0.15) is 18.7 Å². The summed E-state index contributed by atoms with van der Waals surface area (Å²) in [5.74, 6) is -0.0492. The summed E-state index contributed by atoms with van der Waals surface area (Å²) in [6.07, 6.45) is 5.68. The summed E-state index contributed by atoms with van der Waals surface area (Å²) in [6.45, 7) is 3.28. The summed E-state index contributed by atoms with van der Waals surface area (Å²) in [5.41, 5.74) is 0.871. The third-order valence-electron chi connectivity index (χ3n) is 5.38. The van der Waals surface area contributed by atoms with E-state index in [1.807, 2.05) is 37.3 Å². The first-order valence-corrected chi connectivity index (χ1v) is 9.41. The number of amides is 3. The molecule has 2 saturated heterocycles. The molecule has 27 heavy (non-hydrogen) atoms. The van der Waals surface area contributed by atoms with E-state index >= 15 is 0 Å². The zero-order valence-corrected chi connectivity index (χ0v) is 15.4. The fourth-order valence-electron chi connectivity index (χ4n) is 4.02. The number of likely N-dealkylation sites (tertiary alicyclic amines) is 1. The van der Waals surface area contributed by atoms with Gasteiger partial charge in [-0.1, -0.05) is 18.2 Å². The first kappa shape index (κ1) is 17.5. The standard InChI is InChI=1S/C19H24N6O2/c1-14-10-17(18(26)25(14)15-6-3-2-4-7-15)22-19(27)23-9-5-8-16(11-23)24-13-20-12-21-24/h2-4,6-7,12-14,16-17H,5,8-11H2,1H3,(H,22,27). The van der Waals surface area contributed by atoms with E-state index < -0.39 is 6.04 Å². The van der Waals surface area contributed by atoms with Gasteiger partial charge in [-0.05, 0) is 38.3 Å². The minimum absolute atomic E-state index is 0.0492. The monoisotopic (exact) mass is 368 g/mol. The molecule has 3 unspecified atom stereocenters. The van der Waals surface area contributed by atoms with Crippen LogP contribution in [0.1, 0.15) is 32.2 Å². The Morgan fingerprint density at radius 1 is 1.26 bits per heavy atom.